The van der Waals surface area contributed by atoms with Gasteiger partial charge in [0.15, 0.2) is 0 Å². The second kappa shape index (κ2) is 9.58. The summed E-state index contributed by atoms with van der Waals surface area (Å²) in [6, 6.07) is 3.79. The van der Waals surface area contributed by atoms with Crippen molar-refractivity contribution in [1.29, 1.82) is 0 Å². The van der Waals surface area contributed by atoms with Gasteiger partial charge in [0.05, 0.1) is 4.90 Å². The first kappa shape index (κ1) is 23.5. The maximum absolute atomic E-state index is 12.1. The van der Waals surface area contributed by atoms with Crippen molar-refractivity contribution in [2.24, 2.45) is 5.73 Å². The van der Waals surface area contributed by atoms with Gasteiger partial charge in [-0.3, -0.25) is 4.79 Å². The van der Waals surface area contributed by atoms with E-state index in [0.29, 0.717) is 13.1 Å². The predicted octanol–water partition coefficient (Wildman–Crippen LogP) is 1.63. The molecule has 1 aliphatic heterocycles. The van der Waals surface area contributed by atoms with E-state index in [2.05, 4.69) is 9.46 Å². The summed E-state index contributed by atoms with van der Waals surface area (Å²) in [6.07, 6.45) is -3.17. The van der Waals surface area contributed by atoms with Crippen LogP contribution in [0, 0.1) is 0 Å². The SMILES string of the molecule is Cl.NCC1CCCN1C(=O)CCNS(=O)(=O)c1ccc(OC(F)(F)F)cc1. The first-order valence-corrected chi connectivity index (χ1v) is 9.46. The van der Waals surface area contributed by atoms with Crippen molar-refractivity contribution in [2.75, 3.05) is 19.6 Å². The summed E-state index contributed by atoms with van der Waals surface area (Å²) in [5, 5.41) is 0. The number of rotatable bonds is 7. The number of nitrogens with one attached hydrogen (secondary N) is 1. The van der Waals surface area contributed by atoms with Crippen LogP contribution in [-0.4, -0.2) is 51.3 Å². The Bertz CT molecular complexity index is 729. The van der Waals surface area contributed by atoms with E-state index in [9.17, 15) is 26.4 Å². The van der Waals surface area contributed by atoms with E-state index in [-0.39, 0.29) is 42.2 Å². The van der Waals surface area contributed by atoms with Crippen LogP contribution in [0.15, 0.2) is 29.2 Å². The van der Waals surface area contributed by atoms with Crippen LogP contribution in [0.5, 0.6) is 5.75 Å². The van der Waals surface area contributed by atoms with Gasteiger partial charge in [-0.1, -0.05) is 0 Å². The van der Waals surface area contributed by atoms with Crippen LogP contribution in [-0.2, 0) is 14.8 Å². The molecule has 0 saturated carbocycles. The van der Waals surface area contributed by atoms with Gasteiger partial charge in [0, 0.05) is 32.1 Å². The molecule has 1 saturated heterocycles. The monoisotopic (exact) mass is 431 g/mol. The Balaban J connectivity index is 0.00000364. The van der Waals surface area contributed by atoms with Gasteiger partial charge in [0.25, 0.3) is 0 Å². The van der Waals surface area contributed by atoms with Gasteiger partial charge in [0.2, 0.25) is 15.9 Å². The van der Waals surface area contributed by atoms with Crippen LogP contribution in [0.25, 0.3) is 0 Å². The highest BCUT2D eigenvalue weighted by molar-refractivity contribution is 7.89. The molecule has 0 radical (unpaired) electrons. The predicted molar refractivity (Wildman–Crippen MR) is 94.0 cm³/mol. The molecule has 1 heterocycles. The van der Waals surface area contributed by atoms with Gasteiger partial charge in [-0.15, -0.1) is 25.6 Å². The van der Waals surface area contributed by atoms with E-state index in [1.54, 1.807) is 4.90 Å². The number of nitrogens with zero attached hydrogens (tertiary/aromatic N) is 1. The lowest BCUT2D eigenvalue weighted by atomic mass is 10.2. The fraction of sp³-hybridized carbons (Fsp3) is 0.533. The second-order valence-corrected chi connectivity index (χ2v) is 7.55. The largest absolute Gasteiger partial charge is 0.573 e. The van der Waals surface area contributed by atoms with Crippen LogP contribution >= 0.6 is 12.4 Å². The molecular weight excluding hydrogens is 411 g/mol. The molecule has 154 valence electrons. The summed E-state index contributed by atoms with van der Waals surface area (Å²) >= 11 is 0. The molecule has 0 spiro atoms. The average Bonchev–Trinajstić information content (AvgIpc) is 3.02. The molecule has 0 aliphatic carbocycles. The van der Waals surface area contributed by atoms with Crippen LogP contribution in [0.3, 0.4) is 0 Å². The quantitative estimate of drug-likeness (QED) is 0.683. The fourth-order valence-electron chi connectivity index (χ4n) is 2.75. The van der Waals surface area contributed by atoms with E-state index in [0.717, 1.165) is 37.1 Å². The summed E-state index contributed by atoms with van der Waals surface area (Å²) < 4.78 is 66.5. The molecule has 1 aromatic carbocycles. The molecule has 1 aliphatic rings. The number of nitrogens with two attached hydrogens (primary N) is 1. The van der Waals surface area contributed by atoms with Crippen LogP contribution in [0.1, 0.15) is 19.3 Å². The molecule has 0 bridgehead atoms. The number of halogens is 4. The minimum atomic E-state index is -4.85. The number of amides is 1. The van der Waals surface area contributed by atoms with Gasteiger partial charge in [-0.25, -0.2) is 13.1 Å². The highest BCUT2D eigenvalue weighted by Gasteiger charge is 2.31. The third-order valence-corrected chi connectivity index (χ3v) is 5.45. The van der Waals surface area contributed by atoms with Crippen molar-refractivity contribution < 1.29 is 31.1 Å². The Morgan fingerprint density at radius 2 is 1.93 bits per heavy atom. The molecule has 1 fully saturated rings. The molecule has 12 heteroatoms. The van der Waals surface area contributed by atoms with Crippen molar-refractivity contribution in [2.45, 2.75) is 36.6 Å². The van der Waals surface area contributed by atoms with Crippen LogP contribution < -0.4 is 15.2 Å². The lowest BCUT2D eigenvalue weighted by Gasteiger charge is -2.23. The minimum Gasteiger partial charge on any atom is -0.406 e. The van der Waals surface area contributed by atoms with Crippen molar-refractivity contribution in [3.63, 3.8) is 0 Å². The van der Waals surface area contributed by atoms with Crippen LogP contribution in [0.2, 0.25) is 0 Å². The van der Waals surface area contributed by atoms with Gasteiger partial charge in [-0.05, 0) is 37.1 Å². The molecular formula is C15H21ClF3N3O4S. The number of carbonyl (C=O) groups excluding carboxylic acids is 1. The van der Waals surface area contributed by atoms with Gasteiger partial charge in [0.1, 0.15) is 5.75 Å². The highest BCUT2D eigenvalue weighted by atomic mass is 35.5. The fourth-order valence-corrected chi connectivity index (χ4v) is 3.78. The maximum Gasteiger partial charge on any atom is 0.573 e. The van der Waals surface area contributed by atoms with Crippen molar-refractivity contribution >= 4 is 28.3 Å². The maximum atomic E-state index is 12.1. The van der Waals surface area contributed by atoms with Gasteiger partial charge in [-0.2, -0.15) is 0 Å². The minimum absolute atomic E-state index is 0. The average molecular weight is 432 g/mol. The normalized spacial score (nSPS) is 17.5. The number of ether oxygens (including phenoxy) is 1. The summed E-state index contributed by atoms with van der Waals surface area (Å²) in [5.41, 5.74) is 5.60. The molecule has 1 amide bonds. The van der Waals surface area contributed by atoms with E-state index < -0.39 is 22.1 Å². The number of carbonyl (C=O) groups is 1. The zero-order valence-corrected chi connectivity index (χ0v) is 15.9. The lowest BCUT2D eigenvalue weighted by molar-refractivity contribution is -0.274. The number of hydrogen-bond donors (Lipinski definition) is 2. The van der Waals surface area contributed by atoms with Crippen molar-refractivity contribution in [3.8, 4) is 5.75 Å². The van der Waals surface area contributed by atoms with Crippen molar-refractivity contribution in [3.05, 3.63) is 24.3 Å². The Kier molecular flexibility index (Phi) is 8.33. The Hall–Kier alpha value is -1.56. The number of likely N-dealkylation sites (tertiary alicyclic amines) is 1. The van der Waals surface area contributed by atoms with E-state index in [1.807, 2.05) is 0 Å². The Labute approximate surface area is 161 Å². The molecule has 27 heavy (non-hydrogen) atoms. The summed E-state index contributed by atoms with van der Waals surface area (Å²) in [6.45, 7) is 0.855. The molecule has 1 aromatic rings. The first-order valence-electron chi connectivity index (χ1n) is 7.97. The lowest BCUT2D eigenvalue weighted by Crippen LogP contribution is -2.41. The summed E-state index contributed by atoms with van der Waals surface area (Å²) in [7, 11) is -3.94. The topological polar surface area (TPSA) is 102 Å². The smallest absolute Gasteiger partial charge is 0.406 e. The molecule has 2 rings (SSSR count). The van der Waals surface area contributed by atoms with E-state index >= 15 is 0 Å². The third-order valence-electron chi connectivity index (χ3n) is 3.97. The second-order valence-electron chi connectivity index (χ2n) is 5.79. The highest BCUT2D eigenvalue weighted by Crippen LogP contribution is 2.24. The van der Waals surface area contributed by atoms with Crippen molar-refractivity contribution in [1.82, 2.24) is 9.62 Å². The molecule has 7 nitrogen and oxygen atoms in total. The number of benzene rings is 1. The number of hydrogen-bond acceptors (Lipinski definition) is 5. The first-order chi connectivity index (χ1) is 12.1. The molecule has 0 aromatic heterocycles. The van der Waals surface area contributed by atoms with Crippen LogP contribution in [0.4, 0.5) is 13.2 Å². The van der Waals surface area contributed by atoms with Gasteiger partial charge < -0.3 is 15.4 Å². The zero-order valence-electron chi connectivity index (χ0n) is 14.2. The summed E-state index contributed by atoms with van der Waals surface area (Å²) in [4.78, 5) is 13.6. The molecule has 3 N–H and O–H groups in total. The standard InChI is InChI=1S/C15H20F3N3O4S.ClH/c16-15(17,18)25-12-3-5-13(6-4-12)26(23,24)20-8-7-14(22)21-9-1-2-11(21)10-19;/h3-6,11,20H,1-2,7-10,19H2;1H. The number of sulfonamides is 1. The number of alkyl halides is 3. The third kappa shape index (κ3) is 6.83. The summed E-state index contributed by atoms with van der Waals surface area (Å²) in [5.74, 6) is -0.705. The molecule has 1 atom stereocenters. The Morgan fingerprint density at radius 1 is 1.30 bits per heavy atom. The zero-order chi connectivity index (χ0) is 19.4. The van der Waals surface area contributed by atoms with E-state index in [4.69, 9.17) is 5.73 Å². The Morgan fingerprint density at radius 3 is 2.48 bits per heavy atom. The van der Waals surface area contributed by atoms with E-state index in [1.165, 1.54) is 0 Å². The molecule has 1 unspecified atom stereocenters. The van der Waals surface area contributed by atoms with Gasteiger partial charge >= 0.3 is 6.36 Å².